The molecule has 1 N–H and O–H groups in total. The van der Waals surface area contributed by atoms with Gasteiger partial charge in [-0.05, 0) is 30.6 Å². The Morgan fingerprint density at radius 3 is 2.55 bits per heavy atom. The van der Waals surface area contributed by atoms with Crippen molar-refractivity contribution in [1.82, 2.24) is 0 Å². The highest BCUT2D eigenvalue weighted by atomic mass is 16.3. The summed E-state index contributed by atoms with van der Waals surface area (Å²) in [4.78, 5) is 0. The first-order valence-electron chi connectivity index (χ1n) is 4.76. The molecule has 2 aliphatic carbocycles. The maximum atomic E-state index is 10.2. The zero-order valence-electron chi connectivity index (χ0n) is 7.56. The normalized spacial score (nSPS) is 47.7. The maximum absolute atomic E-state index is 10.2. The van der Waals surface area contributed by atoms with Crippen LogP contribution in [0.5, 0.6) is 0 Å². The molecule has 0 spiro atoms. The first kappa shape index (κ1) is 7.60. The SMILES string of the molecule is CC1(C)CC2CCCC1(O)C2. The molecule has 2 fully saturated rings. The van der Waals surface area contributed by atoms with E-state index >= 15 is 0 Å². The molecule has 0 heterocycles. The van der Waals surface area contributed by atoms with Crippen molar-refractivity contribution < 1.29 is 5.11 Å². The van der Waals surface area contributed by atoms with Crippen molar-refractivity contribution in [2.75, 3.05) is 0 Å². The van der Waals surface area contributed by atoms with Gasteiger partial charge in [-0.2, -0.15) is 0 Å². The van der Waals surface area contributed by atoms with Gasteiger partial charge in [-0.1, -0.05) is 26.7 Å². The Kier molecular flexibility index (Phi) is 1.39. The molecule has 0 saturated heterocycles. The lowest BCUT2D eigenvalue weighted by Gasteiger charge is -2.37. The average Bonchev–Trinajstić information content (AvgIpc) is 1.99. The monoisotopic (exact) mass is 154 g/mol. The third-order valence-corrected chi connectivity index (χ3v) is 3.89. The van der Waals surface area contributed by atoms with E-state index in [0.717, 1.165) is 18.8 Å². The van der Waals surface area contributed by atoms with Gasteiger partial charge in [0.1, 0.15) is 0 Å². The predicted octanol–water partition coefficient (Wildman–Crippen LogP) is 2.34. The quantitative estimate of drug-likeness (QED) is 0.568. The molecule has 0 aromatic carbocycles. The van der Waals surface area contributed by atoms with Crippen LogP contribution in [0.15, 0.2) is 0 Å². The molecule has 2 bridgehead atoms. The lowest BCUT2D eigenvalue weighted by atomic mass is 9.75. The van der Waals surface area contributed by atoms with Crippen molar-refractivity contribution in [2.45, 2.75) is 51.6 Å². The van der Waals surface area contributed by atoms with Crippen LogP contribution in [-0.4, -0.2) is 10.7 Å². The van der Waals surface area contributed by atoms with Gasteiger partial charge in [-0.15, -0.1) is 0 Å². The summed E-state index contributed by atoms with van der Waals surface area (Å²) in [5, 5.41) is 10.2. The highest BCUT2D eigenvalue weighted by Gasteiger charge is 2.53. The molecular weight excluding hydrogens is 136 g/mol. The Balaban J connectivity index is 2.28. The van der Waals surface area contributed by atoms with Gasteiger partial charge in [0.05, 0.1) is 5.60 Å². The van der Waals surface area contributed by atoms with Crippen LogP contribution in [0.4, 0.5) is 0 Å². The first-order valence-corrected chi connectivity index (χ1v) is 4.76. The van der Waals surface area contributed by atoms with Crippen molar-refractivity contribution in [1.29, 1.82) is 0 Å². The fraction of sp³-hybridized carbons (Fsp3) is 1.00. The number of rotatable bonds is 0. The smallest absolute Gasteiger partial charge is 0.0701 e. The van der Waals surface area contributed by atoms with Gasteiger partial charge >= 0.3 is 0 Å². The molecule has 11 heavy (non-hydrogen) atoms. The van der Waals surface area contributed by atoms with Crippen LogP contribution in [0, 0.1) is 11.3 Å². The van der Waals surface area contributed by atoms with E-state index < -0.39 is 0 Å². The van der Waals surface area contributed by atoms with Crippen LogP contribution in [0.1, 0.15) is 46.0 Å². The minimum atomic E-state index is -0.310. The third-order valence-electron chi connectivity index (χ3n) is 3.89. The molecular formula is C10H18O. The molecule has 2 atom stereocenters. The molecule has 2 unspecified atom stereocenters. The summed E-state index contributed by atoms with van der Waals surface area (Å²) in [5.74, 6) is 0.823. The average molecular weight is 154 g/mol. The van der Waals surface area contributed by atoms with E-state index in [4.69, 9.17) is 0 Å². The van der Waals surface area contributed by atoms with E-state index in [1.807, 2.05) is 0 Å². The zero-order chi connectivity index (χ0) is 8.11. The summed E-state index contributed by atoms with van der Waals surface area (Å²) in [6, 6.07) is 0. The maximum Gasteiger partial charge on any atom is 0.0701 e. The second kappa shape index (κ2) is 2.01. The predicted molar refractivity (Wildman–Crippen MR) is 45.3 cm³/mol. The van der Waals surface area contributed by atoms with Crippen LogP contribution in [0.3, 0.4) is 0 Å². The van der Waals surface area contributed by atoms with E-state index in [9.17, 15) is 5.11 Å². The van der Waals surface area contributed by atoms with Crippen molar-refractivity contribution in [3.8, 4) is 0 Å². The van der Waals surface area contributed by atoms with E-state index in [-0.39, 0.29) is 11.0 Å². The highest BCUT2D eigenvalue weighted by molar-refractivity contribution is 5.04. The van der Waals surface area contributed by atoms with E-state index in [1.165, 1.54) is 19.3 Å². The van der Waals surface area contributed by atoms with Crippen LogP contribution >= 0.6 is 0 Å². The molecule has 0 aromatic rings. The fourth-order valence-electron chi connectivity index (χ4n) is 3.07. The van der Waals surface area contributed by atoms with Crippen molar-refractivity contribution in [2.24, 2.45) is 11.3 Å². The largest absolute Gasteiger partial charge is 0.389 e. The van der Waals surface area contributed by atoms with E-state index in [1.54, 1.807) is 0 Å². The van der Waals surface area contributed by atoms with Gasteiger partial charge < -0.3 is 5.11 Å². The molecule has 0 aromatic heterocycles. The van der Waals surface area contributed by atoms with Crippen LogP contribution in [0.2, 0.25) is 0 Å². The van der Waals surface area contributed by atoms with E-state index in [2.05, 4.69) is 13.8 Å². The van der Waals surface area contributed by atoms with Gasteiger partial charge in [-0.25, -0.2) is 0 Å². The van der Waals surface area contributed by atoms with Gasteiger partial charge in [0.25, 0.3) is 0 Å². The summed E-state index contributed by atoms with van der Waals surface area (Å²) in [5.41, 5.74) is -0.121. The number of hydrogen-bond acceptors (Lipinski definition) is 1. The number of fused-ring (bicyclic) bond motifs is 2. The Hall–Kier alpha value is -0.0400. The van der Waals surface area contributed by atoms with Gasteiger partial charge in [-0.3, -0.25) is 0 Å². The lowest BCUT2D eigenvalue weighted by Crippen LogP contribution is -2.40. The summed E-state index contributed by atoms with van der Waals surface area (Å²) in [6.45, 7) is 4.44. The molecule has 0 radical (unpaired) electrons. The second-order valence-corrected chi connectivity index (χ2v) is 5.08. The van der Waals surface area contributed by atoms with Crippen molar-refractivity contribution >= 4 is 0 Å². The van der Waals surface area contributed by atoms with Gasteiger partial charge in [0.15, 0.2) is 0 Å². The minimum absolute atomic E-state index is 0.189. The second-order valence-electron chi connectivity index (χ2n) is 5.08. The Bertz CT molecular complexity index is 172. The van der Waals surface area contributed by atoms with Crippen molar-refractivity contribution in [3.63, 3.8) is 0 Å². The van der Waals surface area contributed by atoms with Crippen LogP contribution < -0.4 is 0 Å². The molecule has 0 amide bonds. The summed E-state index contributed by atoms with van der Waals surface area (Å²) in [6.07, 6.45) is 5.94. The highest BCUT2D eigenvalue weighted by Crippen LogP contribution is 2.55. The molecule has 1 nitrogen and oxygen atoms in total. The van der Waals surface area contributed by atoms with E-state index in [0.29, 0.717) is 0 Å². The first-order chi connectivity index (χ1) is 5.04. The summed E-state index contributed by atoms with van der Waals surface area (Å²) >= 11 is 0. The lowest BCUT2D eigenvalue weighted by molar-refractivity contribution is -0.0564. The Morgan fingerprint density at radius 2 is 2.00 bits per heavy atom. The fourth-order valence-corrected chi connectivity index (χ4v) is 3.07. The molecule has 2 rings (SSSR count). The van der Waals surface area contributed by atoms with Crippen molar-refractivity contribution in [3.05, 3.63) is 0 Å². The van der Waals surface area contributed by atoms with Crippen LogP contribution in [0.25, 0.3) is 0 Å². The molecule has 64 valence electrons. The molecule has 0 aliphatic heterocycles. The Morgan fingerprint density at radius 1 is 1.27 bits per heavy atom. The van der Waals surface area contributed by atoms with Crippen LogP contribution in [-0.2, 0) is 0 Å². The molecule has 2 aliphatic rings. The zero-order valence-corrected chi connectivity index (χ0v) is 7.56. The number of aliphatic hydroxyl groups is 1. The number of hydrogen-bond donors (Lipinski definition) is 1. The standard InChI is InChI=1S/C10H18O/c1-9(2)6-8-4-3-5-10(9,11)7-8/h8,11H,3-7H2,1-2H3. The van der Waals surface area contributed by atoms with Gasteiger partial charge in [0.2, 0.25) is 0 Å². The third kappa shape index (κ3) is 0.936. The topological polar surface area (TPSA) is 20.2 Å². The summed E-state index contributed by atoms with van der Waals surface area (Å²) in [7, 11) is 0. The van der Waals surface area contributed by atoms with Gasteiger partial charge in [0, 0.05) is 0 Å². The Labute approximate surface area is 68.8 Å². The molecule has 1 heteroatoms. The summed E-state index contributed by atoms with van der Waals surface area (Å²) < 4.78 is 0. The minimum Gasteiger partial charge on any atom is -0.389 e. The molecule has 2 saturated carbocycles.